The van der Waals surface area contributed by atoms with Gasteiger partial charge in [-0.1, -0.05) is 29.8 Å². The van der Waals surface area contributed by atoms with Crippen molar-refractivity contribution in [3.05, 3.63) is 57.0 Å². The van der Waals surface area contributed by atoms with Gasteiger partial charge in [-0.2, -0.15) is 0 Å². The van der Waals surface area contributed by atoms with Crippen LogP contribution < -0.4 is 5.32 Å². The highest BCUT2D eigenvalue weighted by molar-refractivity contribution is 7.10. The van der Waals surface area contributed by atoms with Crippen molar-refractivity contribution in [2.75, 3.05) is 7.05 Å². The number of nitrogens with one attached hydrogen (secondary N) is 1. The van der Waals surface area contributed by atoms with E-state index in [9.17, 15) is 4.39 Å². The Labute approximate surface area is 103 Å². The Balaban J connectivity index is 2.45. The number of thiophene rings is 1. The van der Waals surface area contributed by atoms with Crippen molar-refractivity contribution >= 4 is 22.9 Å². The van der Waals surface area contributed by atoms with Crippen molar-refractivity contribution in [1.82, 2.24) is 5.32 Å². The smallest absolute Gasteiger partial charge is 0.128 e. The number of hydrogen-bond donors (Lipinski definition) is 1. The van der Waals surface area contributed by atoms with Gasteiger partial charge in [0.1, 0.15) is 5.82 Å². The molecule has 0 spiro atoms. The van der Waals surface area contributed by atoms with Crippen molar-refractivity contribution in [2.45, 2.75) is 6.04 Å². The fourth-order valence-electron chi connectivity index (χ4n) is 1.65. The lowest BCUT2D eigenvalue weighted by atomic mass is 10.1. The second-order valence-corrected chi connectivity index (χ2v) is 4.73. The van der Waals surface area contributed by atoms with E-state index in [2.05, 4.69) is 5.32 Å². The molecule has 16 heavy (non-hydrogen) atoms. The predicted octanol–water partition coefficient (Wildman–Crippen LogP) is 3.85. The molecule has 1 nitrogen and oxygen atoms in total. The standard InChI is InChI=1S/C12H11ClFNS/c1-15-11(12-9(13)6-7-16-12)8-4-2-3-5-10(8)14/h2-7,11,15H,1H3. The van der Waals surface area contributed by atoms with Crippen molar-refractivity contribution in [1.29, 1.82) is 0 Å². The van der Waals surface area contributed by atoms with Gasteiger partial charge in [0, 0.05) is 10.4 Å². The maximum atomic E-state index is 13.7. The summed E-state index contributed by atoms with van der Waals surface area (Å²) in [6.45, 7) is 0. The van der Waals surface area contributed by atoms with Crippen molar-refractivity contribution in [3.63, 3.8) is 0 Å². The Morgan fingerprint density at radius 1 is 1.31 bits per heavy atom. The van der Waals surface area contributed by atoms with Crippen LogP contribution in [0.4, 0.5) is 4.39 Å². The predicted molar refractivity (Wildman–Crippen MR) is 66.6 cm³/mol. The molecule has 1 unspecified atom stereocenters. The average molecular weight is 256 g/mol. The van der Waals surface area contributed by atoms with Crippen LogP contribution in [0.15, 0.2) is 35.7 Å². The van der Waals surface area contributed by atoms with Gasteiger partial charge in [-0.25, -0.2) is 4.39 Å². The number of hydrogen-bond acceptors (Lipinski definition) is 2. The summed E-state index contributed by atoms with van der Waals surface area (Å²) in [6, 6.07) is 8.38. The van der Waals surface area contributed by atoms with Crippen LogP contribution >= 0.6 is 22.9 Å². The second-order valence-electron chi connectivity index (χ2n) is 3.38. The first kappa shape index (κ1) is 11.6. The molecule has 0 aliphatic carbocycles. The largest absolute Gasteiger partial charge is 0.309 e. The third-order valence-electron chi connectivity index (χ3n) is 2.41. The highest BCUT2D eigenvalue weighted by atomic mass is 35.5. The lowest BCUT2D eigenvalue weighted by Gasteiger charge is -2.16. The van der Waals surface area contributed by atoms with Gasteiger partial charge in [0.05, 0.1) is 11.1 Å². The molecule has 0 aliphatic rings. The van der Waals surface area contributed by atoms with Gasteiger partial charge in [0.25, 0.3) is 0 Å². The van der Waals surface area contributed by atoms with Crippen LogP contribution in [0, 0.1) is 5.82 Å². The Bertz CT molecular complexity index is 483. The summed E-state index contributed by atoms with van der Waals surface area (Å²) < 4.78 is 13.7. The van der Waals surface area contributed by atoms with Crippen molar-refractivity contribution in [2.24, 2.45) is 0 Å². The SMILES string of the molecule is CNC(c1ccccc1F)c1sccc1Cl. The summed E-state index contributed by atoms with van der Waals surface area (Å²) >= 11 is 7.59. The number of halogens is 2. The zero-order valence-electron chi connectivity index (χ0n) is 8.71. The quantitative estimate of drug-likeness (QED) is 0.879. The Kier molecular flexibility index (Phi) is 3.59. The summed E-state index contributed by atoms with van der Waals surface area (Å²) in [4.78, 5) is 0.939. The molecule has 1 heterocycles. The van der Waals surface area contributed by atoms with Gasteiger partial charge in [-0.05, 0) is 24.6 Å². The van der Waals surface area contributed by atoms with E-state index in [4.69, 9.17) is 11.6 Å². The molecular formula is C12H11ClFNS. The molecule has 0 bridgehead atoms. The molecule has 1 atom stereocenters. The first-order valence-corrected chi connectivity index (χ1v) is 6.14. The minimum absolute atomic E-state index is 0.186. The maximum Gasteiger partial charge on any atom is 0.128 e. The van der Waals surface area contributed by atoms with E-state index in [1.54, 1.807) is 19.2 Å². The van der Waals surface area contributed by atoms with E-state index in [1.165, 1.54) is 17.4 Å². The molecule has 2 aromatic rings. The molecule has 1 N–H and O–H groups in total. The van der Waals surface area contributed by atoms with Gasteiger partial charge >= 0.3 is 0 Å². The molecular weight excluding hydrogens is 245 g/mol. The zero-order valence-corrected chi connectivity index (χ0v) is 10.3. The molecule has 0 fully saturated rings. The molecule has 0 radical (unpaired) electrons. The average Bonchev–Trinajstić information content (AvgIpc) is 2.69. The van der Waals surface area contributed by atoms with Gasteiger partial charge in [0.15, 0.2) is 0 Å². The summed E-state index contributed by atoms with van der Waals surface area (Å²) in [6.07, 6.45) is 0. The minimum atomic E-state index is -0.216. The van der Waals surface area contributed by atoms with E-state index >= 15 is 0 Å². The Hall–Kier alpha value is -0.900. The summed E-state index contributed by atoms with van der Waals surface area (Å²) in [5, 5.41) is 5.67. The number of rotatable bonds is 3. The van der Waals surface area contributed by atoms with E-state index in [-0.39, 0.29) is 11.9 Å². The molecule has 0 saturated heterocycles. The van der Waals surface area contributed by atoms with Crippen molar-refractivity contribution < 1.29 is 4.39 Å². The monoisotopic (exact) mass is 255 g/mol. The van der Waals surface area contributed by atoms with Gasteiger partial charge < -0.3 is 5.32 Å². The van der Waals surface area contributed by atoms with Gasteiger partial charge in [-0.3, -0.25) is 0 Å². The molecule has 0 saturated carbocycles. The van der Waals surface area contributed by atoms with Crippen LogP contribution in [0.5, 0.6) is 0 Å². The Morgan fingerprint density at radius 3 is 2.62 bits per heavy atom. The normalized spacial score (nSPS) is 12.7. The lowest BCUT2D eigenvalue weighted by Crippen LogP contribution is -2.18. The molecule has 1 aromatic carbocycles. The highest BCUT2D eigenvalue weighted by Gasteiger charge is 2.19. The van der Waals surface area contributed by atoms with Gasteiger partial charge in [-0.15, -0.1) is 11.3 Å². The van der Waals surface area contributed by atoms with Crippen LogP contribution in [-0.2, 0) is 0 Å². The number of benzene rings is 1. The van der Waals surface area contributed by atoms with E-state index in [0.29, 0.717) is 10.6 Å². The lowest BCUT2D eigenvalue weighted by molar-refractivity contribution is 0.579. The fraction of sp³-hybridized carbons (Fsp3) is 0.167. The van der Waals surface area contributed by atoms with Crippen LogP contribution in [0.1, 0.15) is 16.5 Å². The van der Waals surface area contributed by atoms with Crippen LogP contribution in [0.25, 0.3) is 0 Å². The maximum absolute atomic E-state index is 13.7. The third-order valence-corrected chi connectivity index (χ3v) is 3.84. The summed E-state index contributed by atoms with van der Waals surface area (Å²) in [7, 11) is 1.80. The summed E-state index contributed by atoms with van der Waals surface area (Å²) in [5.41, 5.74) is 0.620. The molecule has 4 heteroatoms. The first-order valence-electron chi connectivity index (χ1n) is 4.88. The first-order chi connectivity index (χ1) is 7.74. The van der Waals surface area contributed by atoms with Crippen LogP contribution in [-0.4, -0.2) is 7.05 Å². The topological polar surface area (TPSA) is 12.0 Å². The van der Waals surface area contributed by atoms with E-state index < -0.39 is 0 Å². The molecule has 2 rings (SSSR count). The van der Waals surface area contributed by atoms with Gasteiger partial charge in [0.2, 0.25) is 0 Å². The second kappa shape index (κ2) is 4.95. The summed E-state index contributed by atoms with van der Waals surface area (Å²) in [5.74, 6) is -0.216. The molecule has 0 aliphatic heterocycles. The minimum Gasteiger partial charge on any atom is -0.309 e. The molecule has 0 amide bonds. The molecule has 84 valence electrons. The fourth-order valence-corrected chi connectivity index (χ4v) is 2.94. The van der Waals surface area contributed by atoms with Crippen LogP contribution in [0.2, 0.25) is 5.02 Å². The Morgan fingerprint density at radius 2 is 2.06 bits per heavy atom. The van der Waals surface area contributed by atoms with E-state index in [0.717, 1.165) is 4.88 Å². The van der Waals surface area contributed by atoms with Crippen LogP contribution in [0.3, 0.4) is 0 Å². The zero-order chi connectivity index (χ0) is 11.5. The third kappa shape index (κ3) is 2.12. The molecule has 1 aromatic heterocycles. The van der Waals surface area contributed by atoms with E-state index in [1.807, 2.05) is 17.5 Å². The highest BCUT2D eigenvalue weighted by Crippen LogP contribution is 2.33. The van der Waals surface area contributed by atoms with Crippen molar-refractivity contribution in [3.8, 4) is 0 Å².